The average molecular weight is 194 g/mol. The number of hydrogen-bond acceptors (Lipinski definition) is 3. The molecule has 0 saturated heterocycles. The third-order valence-corrected chi connectivity index (χ3v) is 2.18. The molecular weight excluding hydrogens is 180 g/mol. The summed E-state index contributed by atoms with van der Waals surface area (Å²) in [5.41, 5.74) is 7.61. The molecule has 0 aliphatic heterocycles. The second-order valence-corrected chi connectivity index (χ2v) is 3.50. The highest BCUT2D eigenvalue weighted by Gasteiger charge is 2.11. The SMILES string of the molecule is CC(C)c1cc([N+](=O)[O-])ccc1CN. The predicted octanol–water partition coefficient (Wildman–Crippen LogP) is 2.18. The summed E-state index contributed by atoms with van der Waals surface area (Å²) >= 11 is 0. The summed E-state index contributed by atoms with van der Waals surface area (Å²) in [6.45, 7) is 4.42. The lowest BCUT2D eigenvalue weighted by Gasteiger charge is -2.10. The third-order valence-electron chi connectivity index (χ3n) is 2.18. The molecule has 0 heterocycles. The number of nitro benzene ring substituents is 1. The molecule has 0 aliphatic carbocycles. The molecule has 0 bridgehead atoms. The van der Waals surface area contributed by atoms with Gasteiger partial charge in [-0.25, -0.2) is 0 Å². The number of nitro groups is 1. The molecule has 1 rings (SSSR count). The van der Waals surface area contributed by atoms with Crippen molar-refractivity contribution >= 4 is 5.69 Å². The first-order chi connectivity index (χ1) is 6.56. The normalized spacial score (nSPS) is 10.6. The Kier molecular flexibility index (Phi) is 3.19. The minimum absolute atomic E-state index is 0.130. The van der Waals surface area contributed by atoms with Crippen LogP contribution in [0.1, 0.15) is 30.9 Å². The molecule has 0 spiro atoms. The summed E-state index contributed by atoms with van der Waals surface area (Å²) in [5.74, 6) is 0.258. The summed E-state index contributed by atoms with van der Waals surface area (Å²) in [5, 5.41) is 10.5. The van der Waals surface area contributed by atoms with E-state index in [2.05, 4.69) is 0 Å². The first-order valence-corrected chi connectivity index (χ1v) is 4.53. The quantitative estimate of drug-likeness (QED) is 0.592. The molecule has 4 nitrogen and oxygen atoms in total. The Morgan fingerprint density at radius 3 is 2.57 bits per heavy atom. The van der Waals surface area contributed by atoms with Crippen molar-refractivity contribution in [2.24, 2.45) is 5.73 Å². The van der Waals surface area contributed by atoms with Crippen LogP contribution in [-0.2, 0) is 6.54 Å². The van der Waals surface area contributed by atoms with Crippen LogP contribution in [0.25, 0.3) is 0 Å². The molecule has 0 radical (unpaired) electrons. The van der Waals surface area contributed by atoms with Crippen molar-refractivity contribution in [3.05, 3.63) is 39.4 Å². The number of rotatable bonds is 3. The Bertz CT molecular complexity index is 348. The molecule has 0 aliphatic rings. The molecule has 0 atom stereocenters. The molecule has 0 unspecified atom stereocenters. The number of nitrogens with two attached hydrogens (primary N) is 1. The fourth-order valence-electron chi connectivity index (χ4n) is 1.42. The van der Waals surface area contributed by atoms with Crippen molar-refractivity contribution in [2.45, 2.75) is 26.3 Å². The predicted molar refractivity (Wildman–Crippen MR) is 55.1 cm³/mol. The Morgan fingerprint density at radius 2 is 2.14 bits per heavy atom. The van der Waals surface area contributed by atoms with E-state index in [-0.39, 0.29) is 16.5 Å². The van der Waals surface area contributed by atoms with Crippen LogP contribution in [0.5, 0.6) is 0 Å². The lowest BCUT2D eigenvalue weighted by atomic mass is 9.96. The fourth-order valence-corrected chi connectivity index (χ4v) is 1.42. The van der Waals surface area contributed by atoms with Gasteiger partial charge in [0.25, 0.3) is 5.69 Å². The van der Waals surface area contributed by atoms with Gasteiger partial charge in [-0.2, -0.15) is 0 Å². The summed E-state index contributed by atoms with van der Waals surface area (Å²) < 4.78 is 0. The van der Waals surface area contributed by atoms with Crippen LogP contribution >= 0.6 is 0 Å². The maximum Gasteiger partial charge on any atom is 0.269 e. The van der Waals surface area contributed by atoms with Crippen molar-refractivity contribution in [3.8, 4) is 0 Å². The molecule has 4 heteroatoms. The Morgan fingerprint density at radius 1 is 1.50 bits per heavy atom. The van der Waals surface area contributed by atoms with E-state index in [1.54, 1.807) is 12.1 Å². The lowest BCUT2D eigenvalue weighted by Crippen LogP contribution is -2.03. The Hall–Kier alpha value is -1.42. The third kappa shape index (κ3) is 2.09. The van der Waals surface area contributed by atoms with Gasteiger partial charge >= 0.3 is 0 Å². The summed E-state index contributed by atoms with van der Waals surface area (Å²) in [4.78, 5) is 10.2. The number of non-ortho nitro benzene ring substituents is 1. The van der Waals surface area contributed by atoms with Gasteiger partial charge in [-0.3, -0.25) is 10.1 Å². The van der Waals surface area contributed by atoms with Crippen LogP contribution in [0.3, 0.4) is 0 Å². The molecule has 0 saturated carbocycles. The van der Waals surface area contributed by atoms with Gasteiger partial charge in [0.05, 0.1) is 4.92 Å². The molecule has 76 valence electrons. The molecule has 1 aromatic carbocycles. The van der Waals surface area contributed by atoms with E-state index in [0.29, 0.717) is 6.54 Å². The van der Waals surface area contributed by atoms with E-state index in [1.807, 2.05) is 13.8 Å². The van der Waals surface area contributed by atoms with Crippen LogP contribution in [0.15, 0.2) is 18.2 Å². The summed E-state index contributed by atoms with van der Waals surface area (Å²) in [7, 11) is 0. The standard InChI is InChI=1S/C10H14N2O2/c1-7(2)10-5-9(12(13)14)4-3-8(10)6-11/h3-5,7H,6,11H2,1-2H3. The van der Waals surface area contributed by atoms with Crippen LogP contribution in [0.4, 0.5) is 5.69 Å². The Labute approximate surface area is 82.9 Å². The van der Waals surface area contributed by atoms with Crippen molar-refractivity contribution in [1.29, 1.82) is 0 Å². The first-order valence-electron chi connectivity index (χ1n) is 4.53. The van der Waals surface area contributed by atoms with Crippen molar-refractivity contribution in [3.63, 3.8) is 0 Å². The molecule has 14 heavy (non-hydrogen) atoms. The minimum atomic E-state index is -0.383. The number of nitrogens with zero attached hydrogens (tertiary/aromatic N) is 1. The second-order valence-electron chi connectivity index (χ2n) is 3.50. The van der Waals surface area contributed by atoms with Gasteiger partial charge in [0.2, 0.25) is 0 Å². The largest absolute Gasteiger partial charge is 0.326 e. The fraction of sp³-hybridized carbons (Fsp3) is 0.400. The highest BCUT2D eigenvalue weighted by molar-refractivity contribution is 5.41. The van der Waals surface area contributed by atoms with Gasteiger partial charge in [0, 0.05) is 18.7 Å². The highest BCUT2D eigenvalue weighted by Crippen LogP contribution is 2.24. The summed E-state index contributed by atoms with van der Waals surface area (Å²) in [6.07, 6.45) is 0. The zero-order valence-electron chi connectivity index (χ0n) is 8.36. The van der Waals surface area contributed by atoms with E-state index >= 15 is 0 Å². The van der Waals surface area contributed by atoms with E-state index in [1.165, 1.54) is 6.07 Å². The lowest BCUT2D eigenvalue weighted by molar-refractivity contribution is -0.384. The van der Waals surface area contributed by atoms with Crippen LogP contribution in [0.2, 0.25) is 0 Å². The maximum atomic E-state index is 10.5. The van der Waals surface area contributed by atoms with Gasteiger partial charge in [-0.1, -0.05) is 19.9 Å². The van der Waals surface area contributed by atoms with Gasteiger partial charge < -0.3 is 5.73 Å². The Balaban J connectivity index is 3.20. The topological polar surface area (TPSA) is 69.2 Å². The van der Waals surface area contributed by atoms with Crippen LogP contribution < -0.4 is 5.73 Å². The zero-order valence-corrected chi connectivity index (χ0v) is 8.36. The van der Waals surface area contributed by atoms with E-state index < -0.39 is 0 Å². The monoisotopic (exact) mass is 194 g/mol. The number of hydrogen-bond donors (Lipinski definition) is 1. The maximum absolute atomic E-state index is 10.5. The van der Waals surface area contributed by atoms with Gasteiger partial charge in [-0.05, 0) is 17.0 Å². The molecule has 2 N–H and O–H groups in total. The summed E-state index contributed by atoms with van der Waals surface area (Å²) in [6, 6.07) is 4.83. The van der Waals surface area contributed by atoms with Crippen LogP contribution in [0, 0.1) is 10.1 Å². The van der Waals surface area contributed by atoms with Crippen molar-refractivity contribution in [1.82, 2.24) is 0 Å². The van der Waals surface area contributed by atoms with E-state index in [0.717, 1.165) is 11.1 Å². The van der Waals surface area contributed by atoms with Crippen LogP contribution in [-0.4, -0.2) is 4.92 Å². The minimum Gasteiger partial charge on any atom is -0.326 e. The van der Waals surface area contributed by atoms with E-state index in [4.69, 9.17) is 5.73 Å². The van der Waals surface area contributed by atoms with E-state index in [9.17, 15) is 10.1 Å². The molecule has 0 amide bonds. The second kappa shape index (κ2) is 4.19. The molecular formula is C10H14N2O2. The smallest absolute Gasteiger partial charge is 0.269 e. The zero-order chi connectivity index (χ0) is 10.7. The highest BCUT2D eigenvalue weighted by atomic mass is 16.6. The number of benzene rings is 1. The average Bonchev–Trinajstić information content (AvgIpc) is 2.16. The molecule has 1 aromatic rings. The first kappa shape index (κ1) is 10.7. The molecule has 0 fully saturated rings. The van der Waals surface area contributed by atoms with Crippen molar-refractivity contribution in [2.75, 3.05) is 0 Å². The van der Waals surface area contributed by atoms with Gasteiger partial charge in [0.1, 0.15) is 0 Å². The van der Waals surface area contributed by atoms with Gasteiger partial charge in [-0.15, -0.1) is 0 Å². The van der Waals surface area contributed by atoms with Gasteiger partial charge in [0.15, 0.2) is 0 Å². The molecule has 0 aromatic heterocycles. The van der Waals surface area contributed by atoms with Crippen molar-refractivity contribution < 1.29 is 4.92 Å².